The summed E-state index contributed by atoms with van der Waals surface area (Å²) in [5.41, 5.74) is -0.307. The summed E-state index contributed by atoms with van der Waals surface area (Å²) in [5.74, 6) is 0.752. The first-order valence-corrected chi connectivity index (χ1v) is 5.18. The molecule has 2 heteroatoms. The third-order valence-corrected chi connectivity index (χ3v) is 2.62. The molecule has 0 spiro atoms. The van der Waals surface area contributed by atoms with Crippen molar-refractivity contribution in [3.05, 3.63) is 0 Å². The van der Waals surface area contributed by atoms with Gasteiger partial charge in [-0.3, -0.25) is 0 Å². The predicted molar refractivity (Wildman–Crippen MR) is 52.6 cm³/mol. The molecule has 0 N–H and O–H groups in total. The summed E-state index contributed by atoms with van der Waals surface area (Å²) in [6.45, 7) is 5.23. The molecule has 1 aliphatic rings. The van der Waals surface area contributed by atoms with Gasteiger partial charge in [0, 0.05) is 12.0 Å². The fourth-order valence-corrected chi connectivity index (χ4v) is 1.70. The van der Waals surface area contributed by atoms with Crippen LogP contribution in [0.3, 0.4) is 0 Å². The lowest BCUT2D eigenvalue weighted by molar-refractivity contribution is -0.117. The van der Waals surface area contributed by atoms with E-state index in [0.29, 0.717) is 6.61 Å². The van der Waals surface area contributed by atoms with Gasteiger partial charge in [0.1, 0.15) is 6.29 Å². The normalized spacial score (nSPS) is 19.2. The lowest BCUT2D eigenvalue weighted by Gasteiger charge is -2.18. The number of carbonyl (C=O) groups excluding carboxylic acids is 1. The third kappa shape index (κ3) is 3.90. The van der Waals surface area contributed by atoms with Gasteiger partial charge in [0.15, 0.2) is 0 Å². The number of aldehydes is 1. The second-order valence-corrected chi connectivity index (χ2v) is 4.77. The summed E-state index contributed by atoms with van der Waals surface area (Å²) in [7, 11) is 0. The van der Waals surface area contributed by atoms with Crippen LogP contribution in [0.15, 0.2) is 0 Å². The molecule has 1 fully saturated rings. The topological polar surface area (TPSA) is 26.3 Å². The van der Waals surface area contributed by atoms with Gasteiger partial charge in [-0.15, -0.1) is 0 Å². The van der Waals surface area contributed by atoms with E-state index in [1.807, 2.05) is 13.8 Å². The summed E-state index contributed by atoms with van der Waals surface area (Å²) in [5, 5.41) is 0. The van der Waals surface area contributed by atoms with Gasteiger partial charge < -0.3 is 9.53 Å². The van der Waals surface area contributed by atoms with Crippen LogP contribution in [-0.4, -0.2) is 19.5 Å². The maximum Gasteiger partial charge on any atom is 0.127 e. The van der Waals surface area contributed by atoms with Crippen LogP contribution in [0, 0.1) is 11.3 Å². The number of hydrogen-bond acceptors (Lipinski definition) is 2. The predicted octanol–water partition coefficient (Wildman–Crippen LogP) is 2.42. The van der Waals surface area contributed by atoms with E-state index in [2.05, 4.69) is 0 Å². The van der Waals surface area contributed by atoms with Crippen molar-refractivity contribution in [2.24, 2.45) is 11.3 Å². The highest BCUT2D eigenvalue weighted by molar-refractivity contribution is 5.57. The molecule has 76 valence electrons. The zero-order valence-electron chi connectivity index (χ0n) is 8.71. The second-order valence-electron chi connectivity index (χ2n) is 4.77. The molecular formula is C11H20O2. The van der Waals surface area contributed by atoms with Gasteiger partial charge in [0.25, 0.3) is 0 Å². The first kappa shape index (κ1) is 10.7. The van der Waals surface area contributed by atoms with E-state index in [1.54, 1.807) is 0 Å². The molecule has 0 atom stereocenters. The van der Waals surface area contributed by atoms with Crippen molar-refractivity contribution in [2.45, 2.75) is 39.5 Å². The van der Waals surface area contributed by atoms with Crippen LogP contribution in [0.2, 0.25) is 0 Å². The van der Waals surface area contributed by atoms with E-state index < -0.39 is 0 Å². The molecule has 2 nitrogen and oxygen atoms in total. The maximum absolute atomic E-state index is 10.6. The summed E-state index contributed by atoms with van der Waals surface area (Å²) >= 11 is 0. The van der Waals surface area contributed by atoms with Crippen LogP contribution < -0.4 is 0 Å². The van der Waals surface area contributed by atoms with Crippen LogP contribution in [0.1, 0.15) is 39.5 Å². The van der Waals surface area contributed by atoms with Crippen LogP contribution in [0.25, 0.3) is 0 Å². The van der Waals surface area contributed by atoms with Crippen molar-refractivity contribution in [1.82, 2.24) is 0 Å². The SMILES string of the molecule is CC(C)(C=O)COCC1CCCC1. The van der Waals surface area contributed by atoms with E-state index >= 15 is 0 Å². The standard InChI is InChI=1S/C11H20O2/c1-11(2,8-12)9-13-7-10-5-3-4-6-10/h8,10H,3-7,9H2,1-2H3. The van der Waals surface area contributed by atoms with Crippen molar-refractivity contribution in [3.8, 4) is 0 Å². The molecule has 0 unspecified atom stereocenters. The van der Waals surface area contributed by atoms with Gasteiger partial charge in [-0.2, -0.15) is 0 Å². The maximum atomic E-state index is 10.6. The molecule has 0 heterocycles. The zero-order valence-corrected chi connectivity index (χ0v) is 8.71. The smallest absolute Gasteiger partial charge is 0.127 e. The molecule has 1 saturated carbocycles. The molecule has 0 aromatic carbocycles. The minimum absolute atomic E-state index is 0.307. The summed E-state index contributed by atoms with van der Waals surface area (Å²) in [6.07, 6.45) is 6.29. The lowest BCUT2D eigenvalue weighted by Crippen LogP contribution is -2.22. The van der Waals surface area contributed by atoms with Gasteiger partial charge in [0.2, 0.25) is 0 Å². The summed E-state index contributed by atoms with van der Waals surface area (Å²) in [6, 6.07) is 0. The van der Waals surface area contributed by atoms with E-state index in [-0.39, 0.29) is 5.41 Å². The van der Waals surface area contributed by atoms with Crippen molar-refractivity contribution >= 4 is 6.29 Å². The minimum atomic E-state index is -0.307. The average Bonchev–Trinajstić information content (AvgIpc) is 2.57. The average molecular weight is 184 g/mol. The number of carbonyl (C=O) groups is 1. The molecule has 0 bridgehead atoms. The largest absolute Gasteiger partial charge is 0.380 e. The van der Waals surface area contributed by atoms with E-state index in [9.17, 15) is 4.79 Å². The molecule has 0 radical (unpaired) electrons. The first-order valence-electron chi connectivity index (χ1n) is 5.18. The highest BCUT2D eigenvalue weighted by atomic mass is 16.5. The van der Waals surface area contributed by atoms with Crippen LogP contribution in [-0.2, 0) is 9.53 Å². The number of ether oxygens (including phenoxy) is 1. The highest BCUT2D eigenvalue weighted by Crippen LogP contribution is 2.25. The molecule has 13 heavy (non-hydrogen) atoms. The van der Waals surface area contributed by atoms with E-state index in [4.69, 9.17) is 4.74 Å². The Hall–Kier alpha value is -0.370. The van der Waals surface area contributed by atoms with Crippen molar-refractivity contribution in [2.75, 3.05) is 13.2 Å². The summed E-state index contributed by atoms with van der Waals surface area (Å²) in [4.78, 5) is 10.6. The Kier molecular flexibility index (Phi) is 3.91. The van der Waals surface area contributed by atoms with Gasteiger partial charge in [-0.1, -0.05) is 26.7 Å². The fourth-order valence-electron chi connectivity index (χ4n) is 1.70. The monoisotopic (exact) mass is 184 g/mol. The Morgan fingerprint density at radius 3 is 2.54 bits per heavy atom. The lowest BCUT2D eigenvalue weighted by atomic mass is 9.97. The Labute approximate surface area is 80.7 Å². The first-order chi connectivity index (χ1) is 6.14. The molecule has 1 aliphatic carbocycles. The van der Waals surface area contributed by atoms with Crippen LogP contribution in [0.5, 0.6) is 0 Å². The van der Waals surface area contributed by atoms with E-state index in [0.717, 1.165) is 18.8 Å². The minimum Gasteiger partial charge on any atom is -0.380 e. The molecule has 1 rings (SSSR count). The molecule has 0 aromatic rings. The molecule has 0 aliphatic heterocycles. The Morgan fingerprint density at radius 1 is 1.38 bits per heavy atom. The van der Waals surface area contributed by atoms with Gasteiger partial charge in [-0.25, -0.2) is 0 Å². The molecule has 0 aromatic heterocycles. The second kappa shape index (κ2) is 4.75. The van der Waals surface area contributed by atoms with Crippen molar-refractivity contribution in [1.29, 1.82) is 0 Å². The van der Waals surface area contributed by atoms with Gasteiger partial charge >= 0.3 is 0 Å². The van der Waals surface area contributed by atoms with Gasteiger partial charge in [-0.05, 0) is 18.8 Å². The van der Waals surface area contributed by atoms with E-state index in [1.165, 1.54) is 25.7 Å². The van der Waals surface area contributed by atoms with Gasteiger partial charge in [0.05, 0.1) is 6.61 Å². The summed E-state index contributed by atoms with van der Waals surface area (Å²) < 4.78 is 5.54. The van der Waals surface area contributed by atoms with Crippen LogP contribution in [0.4, 0.5) is 0 Å². The van der Waals surface area contributed by atoms with Crippen molar-refractivity contribution < 1.29 is 9.53 Å². The molecular weight excluding hydrogens is 164 g/mol. The number of hydrogen-bond donors (Lipinski definition) is 0. The fraction of sp³-hybridized carbons (Fsp3) is 0.909. The Morgan fingerprint density at radius 2 is 2.00 bits per heavy atom. The number of rotatable bonds is 5. The van der Waals surface area contributed by atoms with Crippen molar-refractivity contribution in [3.63, 3.8) is 0 Å². The molecule has 0 saturated heterocycles. The van der Waals surface area contributed by atoms with Crippen LogP contribution >= 0.6 is 0 Å². The Bertz CT molecular complexity index is 157. The highest BCUT2D eigenvalue weighted by Gasteiger charge is 2.19. The Balaban J connectivity index is 2.09. The molecule has 0 amide bonds. The third-order valence-electron chi connectivity index (χ3n) is 2.62. The zero-order chi connectivity index (χ0) is 9.73. The quantitative estimate of drug-likeness (QED) is 0.613.